The van der Waals surface area contributed by atoms with Crippen LogP contribution in [0.15, 0.2) is 30.3 Å². The van der Waals surface area contributed by atoms with E-state index in [1.54, 1.807) is 6.07 Å². The number of primary amides is 1. The summed E-state index contributed by atoms with van der Waals surface area (Å²) in [4.78, 5) is 10.9. The van der Waals surface area contributed by atoms with Gasteiger partial charge in [-0.1, -0.05) is 18.2 Å². The summed E-state index contributed by atoms with van der Waals surface area (Å²) in [6, 6.07) is 9.11. The van der Waals surface area contributed by atoms with E-state index in [4.69, 9.17) is 17.5 Å². The average Bonchev–Trinajstić information content (AvgIpc) is 2.45. The minimum atomic E-state index is -0.522. The molecule has 1 amide bonds. The molecule has 3 nitrogen and oxygen atoms in total. The summed E-state index contributed by atoms with van der Waals surface area (Å²) in [5, 5.41) is 0.909. The van der Waals surface area contributed by atoms with Gasteiger partial charge in [-0.05, 0) is 12.1 Å². The first-order valence-electron chi connectivity index (χ1n) is 3.76. The minimum Gasteiger partial charge on any atom is -0.364 e. The lowest BCUT2D eigenvalue weighted by Gasteiger charge is -1.94. The fourth-order valence-electron chi connectivity index (χ4n) is 1.29. The molecule has 0 saturated heterocycles. The van der Waals surface area contributed by atoms with E-state index in [-0.39, 0.29) is 12.4 Å². The van der Waals surface area contributed by atoms with Crippen molar-refractivity contribution in [3.05, 3.63) is 36.0 Å². The van der Waals surface area contributed by atoms with Crippen LogP contribution < -0.4 is 5.73 Å². The summed E-state index contributed by atoms with van der Waals surface area (Å²) >= 11 is 5.87. The van der Waals surface area contributed by atoms with Crippen LogP contribution in [-0.2, 0) is 0 Å². The van der Waals surface area contributed by atoms with Crippen LogP contribution in [0.1, 0.15) is 10.5 Å². The molecule has 0 fully saturated rings. The lowest BCUT2D eigenvalue weighted by atomic mass is 10.2. The Kier molecular flexibility index (Phi) is 3.03. The third kappa shape index (κ3) is 1.56. The molecule has 2 aromatic rings. The van der Waals surface area contributed by atoms with E-state index < -0.39 is 5.91 Å². The molecule has 0 unspecified atom stereocenters. The summed E-state index contributed by atoms with van der Waals surface area (Å²) in [7, 11) is 0. The second-order valence-electron chi connectivity index (χ2n) is 2.73. The van der Waals surface area contributed by atoms with Gasteiger partial charge in [0, 0.05) is 17.2 Å². The number of hydrogen-bond acceptors (Lipinski definition) is 1. The van der Waals surface area contributed by atoms with Gasteiger partial charge in [-0.15, -0.1) is 12.4 Å². The van der Waals surface area contributed by atoms with Gasteiger partial charge in [0.1, 0.15) is 5.69 Å². The van der Waals surface area contributed by atoms with Crippen LogP contribution in [0.4, 0.5) is 0 Å². The first-order valence-corrected chi connectivity index (χ1v) is 4.10. The number of nitrogens with zero attached hydrogens (tertiary/aromatic N) is 1. The molecule has 5 heteroatoms. The highest BCUT2D eigenvalue weighted by Crippen LogP contribution is 2.20. The maximum absolute atomic E-state index is 10.9. The zero-order valence-electron chi connectivity index (χ0n) is 7.11. The van der Waals surface area contributed by atoms with Gasteiger partial charge in [0.25, 0.3) is 5.91 Å². The highest BCUT2D eigenvalue weighted by Gasteiger charge is 2.10. The molecule has 14 heavy (non-hydrogen) atoms. The highest BCUT2D eigenvalue weighted by atomic mass is 35.5. The maximum atomic E-state index is 10.9. The van der Waals surface area contributed by atoms with E-state index >= 15 is 0 Å². The van der Waals surface area contributed by atoms with Crippen LogP contribution in [-0.4, -0.2) is 9.99 Å². The highest BCUT2D eigenvalue weighted by molar-refractivity contribution is 6.22. The molecule has 0 aliphatic carbocycles. The number of carbonyl (C=O) groups is 1. The third-order valence-electron chi connectivity index (χ3n) is 1.90. The summed E-state index contributed by atoms with van der Waals surface area (Å²) in [5.41, 5.74) is 6.23. The average molecular weight is 231 g/mol. The van der Waals surface area contributed by atoms with E-state index in [2.05, 4.69) is 0 Å². The summed E-state index contributed by atoms with van der Waals surface area (Å²) in [5.74, 6) is -0.522. The Balaban J connectivity index is 0.000000980. The summed E-state index contributed by atoms with van der Waals surface area (Å²) in [6.45, 7) is 0. The number of carbonyl (C=O) groups excluding carboxylic acids is 1. The number of nitrogens with two attached hydrogens (primary N) is 1. The molecule has 74 valence electrons. The first-order chi connectivity index (χ1) is 6.20. The van der Waals surface area contributed by atoms with Crippen molar-refractivity contribution >= 4 is 41.0 Å². The van der Waals surface area contributed by atoms with E-state index in [1.165, 1.54) is 4.09 Å². The Bertz CT molecular complexity index is 479. The van der Waals surface area contributed by atoms with Gasteiger partial charge >= 0.3 is 0 Å². The smallest absolute Gasteiger partial charge is 0.266 e. The Morgan fingerprint density at radius 3 is 2.57 bits per heavy atom. The molecule has 0 bridgehead atoms. The SMILES string of the molecule is Cl.NC(=O)c1cc2ccccc2n1Cl. The number of para-hydroxylation sites is 1. The first kappa shape index (κ1) is 10.9. The van der Waals surface area contributed by atoms with Crippen molar-refractivity contribution in [2.75, 3.05) is 0 Å². The minimum absolute atomic E-state index is 0. The van der Waals surface area contributed by atoms with Crippen molar-refractivity contribution in [2.45, 2.75) is 0 Å². The van der Waals surface area contributed by atoms with E-state index in [0.29, 0.717) is 5.69 Å². The largest absolute Gasteiger partial charge is 0.364 e. The number of hydrogen-bond donors (Lipinski definition) is 1. The zero-order valence-corrected chi connectivity index (χ0v) is 8.68. The second-order valence-corrected chi connectivity index (χ2v) is 3.07. The van der Waals surface area contributed by atoms with Gasteiger partial charge in [0.05, 0.1) is 5.52 Å². The predicted molar refractivity (Wildman–Crippen MR) is 59.0 cm³/mol. The summed E-state index contributed by atoms with van der Waals surface area (Å²) < 4.78 is 1.28. The van der Waals surface area contributed by atoms with E-state index in [1.807, 2.05) is 24.3 Å². The van der Waals surface area contributed by atoms with Crippen LogP contribution in [0.3, 0.4) is 0 Å². The molecule has 0 spiro atoms. The molecule has 0 saturated carbocycles. The number of rotatable bonds is 1. The normalized spacial score (nSPS) is 9.79. The van der Waals surface area contributed by atoms with Gasteiger partial charge in [-0.25, -0.2) is 4.09 Å². The fourth-order valence-corrected chi connectivity index (χ4v) is 1.58. The number of aromatic nitrogens is 1. The Morgan fingerprint density at radius 1 is 1.36 bits per heavy atom. The molecule has 0 aliphatic rings. The molecule has 1 aromatic carbocycles. The van der Waals surface area contributed by atoms with Crippen molar-refractivity contribution in [2.24, 2.45) is 5.73 Å². The van der Waals surface area contributed by atoms with Crippen LogP contribution >= 0.6 is 24.2 Å². The lowest BCUT2D eigenvalue weighted by Crippen LogP contribution is -2.13. The lowest BCUT2D eigenvalue weighted by molar-refractivity contribution is 0.0995. The van der Waals surface area contributed by atoms with Crippen LogP contribution in [0.5, 0.6) is 0 Å². The predicted octanol–water partition coefficient (Wildman–Crippen LogP) is 2.16. The van der Waals surface area contributed by atoms with Crippen LogP contribution in [0.2, 0.25) is 0 Å². The van der Waals surface area contributed by atoms with Gasteiger partial charge in [-0.3, -0.25) is 4.79 Å². The van der Waals surface area contributed by atoms with Crippen LogP contribution in [0.25, 0.3) is 10.9 Å². The standard InChI is InChI=1S/C9H7ClN2O.ClH/c10-12-7-4-2-1-3-6(7)5-8(12)9(11)13;/h1-5H,(H2,11,13);1H. The Morgan fingerprint density at radius 2 is 2.00 bits per heavy atom. The molecule has 0 aliphatic heterocycles. The maximum Gasteiger partial charge on any atom is 0.266 e. The monoisotopic (exact) mass is 230 g/mol. The third-order valence-corrected chi connectivity index (χ3v) is 2.27. The molecule has 2 rings (SSSR count). The van der Waals surface area contributed by atoms with Gasteiger partial charge in [0.2, 0.25) is 0 Å². The molecular weight excluding hydrogens is 223 g/mol. The van der Waals surface area contributed by atoms with E-state index in [0.717, 1.165) is 10.9 Å². The van der Waals surface area contributed by atoms with Crippen molar-refractivity contribution in [1.82, 2.24) is 4.09 Å². The molecule has 2 N–H and O–H groups in total. The number of benzene rings is 1. The molecule has 1 aromatic heterocycles. The fraction of sp³-hybridized carbons (Fsp3) is 0. The Labute approximate surface area is 92.0 Å². The summed E-state index contributed by atoms with van der Waals surface area (Å²) in [6.07, 6.45) is 0. The van der Waals surface area contributed by atoms with Gasteiger partial charge in [0.15, 0.2) is 0 Å². The molecule has 0 atom stereocenters. The van der Waals surface area contributed by atoms with Gasteiger partial charge in [-0.2, -0.15) is 0 Å². The van der Waals surface area contributed by atoms with Crippen molar-refractivity contribution < 1.29 is 4.79 Å². The van der Waals surface area contributed by atoms with Crippen molar-refractivity contribution in [3.63, 3.8) is 0 Å². The quantitative estimate of drug-likeness (QED) is 0.803. The van der Waals surface area contributed by atoms with Crippen LogP contribution in [0, 0.1) is 0 Å². The van der Waals surface area contributed by atoms with Crippen molar-refractivity contribution in [3.8, 4) is 0 Å². The molecular formula is C9H8Cl2N2O. The second kappa shape index (κ2) is 3.90. The zero-order chi connectivity index (χ0) is 9.42. The topological polar surface area (TPSA) is 48.0 Å². The van der Waals surface area contributed by atoms with Crippen molar-refractivity contribution in [1.29, 1.82) is 0 Å². The number of amides is 1. The number of fused-ring (bicyclic) bond motifs is 1. The molecule has 0 radical (unpaired) electrons. The Hall–Kier alpha value is -1.19. The van der Waals surface area contributed by atoms with Gasteiger partial charge < -0.3 is 5.73 Å². The number of halogens is 2. The van der Waals surface area contributed by atoms with E-state index in [9.17, 15) is 4.79 Å². The molecule has 1 heterocycles.